The van der Waals surface area contributed by atoms with Gasteiger partial charge in [0.2, 0.25) is 5.91 Å². The van der Waals surface area contributed by atoms with Crippen LogP contribution in [-0.2, 0) is 16.0 Å². The van der Waals surface area contributed by atoms with Crippen molar-refractivity contribution in [2.24, 2.45) is 0 Å². The van der Waals surface area contributed by atoms with Crippen LogP contribution in [0.25, 0.3) is 0 Å². The van der Waals surface area contributed by atoms with Crippen LogP contribution in [0.4, 0.5) is 0 Å². The Morgan fingerprint density at radius 1 is 1.11 bits per heavy atom. The third-order valence-corrected chi connectivity index (χ3v) is 5.93. The minimum Gasteiger partial charge on any atom is -0.378 e. The van der Waals surface area contributed by atoms with Crippen molar-refractivity contribution in [3.63, 3.8) is 0 Å². The number of morpholine rings is 1. The molecule has 1 unspecified atom stereocenters. The van der Waals surface area contributed by atoms with Gasteiger partial charge < -0.3 is 9.64 Å². The highest BCUT2D eigenvalue weighted by Gasteiger charge is 2.30. The van der Waals surface area contributed by atoms with Crippen molar-refractivity contribution < 1.29 is 9.53 Å². The molecule has 1 atom stereocenters. The fraction of sp³-hybridized carbons (Fsp3) is 0.455. The van der Waals surface area contributed by atoms with E-state index in [2.05, 4.69) is 17.0 Å². The van der Waals surface area contributed by atoms with Crippen LogP contribution in [0.5, 0.6) is 0 Å². The zero-order valence-electron chi connectivity index (χ0n) is 16.0. The first kappa shape index (κ1) is 19.4. The molecule has 1 amide bonds. The Bertz CT molecular complexity index is 823. The fourth-order valence-electron chi connectivity index (χ4n) is 4.06. The second kappa shape index (κ2) is 9.03. The van der Waals surface area contributed by atoms with Gasteiger partial charge in [-0.15, -0.1) is 0 Å². The number of amides is 1. The Balaban J connectivity index is 1.45. The molecule has 2 aromatic rings. The van der Waals surface area contributed by atoms with E-state index in [9.17, 15) is 4.79 Å². The van der Waals surface area contributed by atoms with Crippen LogP contribution >= 0.6 is 11.6 Å². The van der Waals surface area contributed by atoms with Gasteiger partial charge in [-0.2, -0.15) is 0 Å². The highest BCUT2D eigenvalue weighted by atomic mass is 35.5. The van der Waals surface area contributed by atoms with Gasteiger partial charge in [0.1, 0.15) is 0 Å². The molecular formula is C22H26ClN3O2. The van der Waals surface area contributed by atoms with Crippen LogP contribution in [0.1, 0.15) is 35.8 Å². The Labute approximate surface area is 171 Å². The molecule has 0 aliphatic carbocycles. The number of likely N-dealkylation sites (tertiary alicyclic amines) is 1. The molecule has 28 heavy (non-hydrogen) atoms. The van der Waals surface area contributed by atoms with Gasteiger partial charge in [-0.05, 0) is 43.1 Å². The lowest BCUT2D eigenvalue weighted by Gasteiger charge is -2.30. The first-order valence-electron chi connectivity index (χ1n) is 9.99. The van der Waals surface area contributed by atoms with Gasteiger partial charge in [0.05, 0.1) is 31.5 Å². The van der Waals surface area contributed by atoms with E-state index in [1.807, 2.05) is 35.2 Å². The summed E-state index contributed by atoms with van der Waals surface area (Å²) in [7, 11) is 0. The number of nitrogens with zero attached hydrogens (tertiary/aromatic N) is 3. The van der Waals surface area contributed by atoms with Gasteiger partial charge in [-0.1, -0.05) is 35.9 Å². The zero-order chi connectivity index (χ0) is 19.3. The van der Waals surface area contributed by atoms with Crippen LogP contribution in [0.3, 0.4) is 0 Å². The van der Waals surface area contributed by atoms with Gasteiger partial charge >= 0.3 is 0 Å². The third-order valence-electron chi connectivity index (χ3n) is 5.56. The average Bonchev–Trinajstić information content (AvgIpc) is 3.19. The van der Waals surface area contributed by atoms with Gasteiger partial charge in [0, 0.05) is 30.2 Å². The number of aromatic nitrogens is 1. The molecule has 1 aromatic heterocycles. The summed E-state index contributed by atoms with van der Waals surface area (Å²) in [5, 5.41) is 0.772. The van der Waals surface area contributed by atoms with E-state index in [1.54, 1.807) is 0 Å². The second-order valence-electron chi connectivity index (χ2n) is 7.44. The van der Waals surface area contributed by atoms with Crippen LogP contribution in [0.2, 0.25) is 5.02 Å². The van der Waals surface area contributed by atoms with E-state index in [1.165, 1.54) is 0 Å². The molecule has 2 fully saturated rings. The Morgan fingerprint density at radius 2 is 1.93 bits per heavy atom. The minimum absolute atomic E-state index is 0.197. The Morgan fingerprint density at radius 3 is 2.75 bits per heavy atom. The Kier molecular flexibility index (Phi) is 6.25. The number of hydrogen-bond acceptors (Lipinski definition) is 4. The summed E-state index contributed by atoms with van der Waals surface area (Å²) in [6.07, 6.45) is 2.85. The largest absolute Gasteiger partial charge is 0.378 e. The molecule has 6 heteroatoms. The fourth-order valence-corrected chi connectivity index (χ4v) is 4.26. The number of ether oxygens (including phenoxy) is 1. The molecule has 0 N–H and O–H groups in total. The summed E-state index contributed by atoms with van der Waals surface area (Å²) in [6.45, 7) is 4.08. The normalized spacial score (nSPS) is 20.5. The minimum atomic E-state index is 0.197. The standard InChI is InChI=1S/C22H26ClN3O2/c23-19-7-2-1-5-17(19)15-18-6-3-8-20(24-18)21-9-4-10-26(21)16-22(27)25-11-13-28-14-12-25/h1-3,5-8,21H,4,9-16H2. The molecule has 5 nitrogen and oxygen atoms in total. The third kappa shape index (κ3) is 4.54. The van der Waals surface area contributed by atoms with E-state index >= 15 is 0 Å². The number of rotatable bonds is 5. The molecule has 3 heterocycles. The van der Waals surface area contributed by atoms with Crippen molar-refractivity contribution >= 4 is 17.5 Å². The number of pyridine rings is 1. The number of carbonyl (C=O) groups is 1. The number of carbonyl (C=O) groups excluding carboxylic acids is 1. The van der Waals surface area contributed by atoms with E-state index in [0.29, 0.717) is 39.3 Å². The maximum absolute atomic E-state index is 12.7. The molecule has 2 aliphatic rings. The quantitative estimate of drug-likeness (QED) is 0.773. The molecule has 2 aliphatic heterocycles. The number of hydrogen-bond donors (Lipinski definition) is 0. The summed E-state index contributed by atoms with van der Waals surface area (Å²) < 4.78 is 5.35. The zero-order valence-corrected chi connectivity index (χ0v) is 16.8. The lowest BCUT2D eigenvalue weighted by molar-refractivity contribution is -0.136. The second-order valence-corrected chi connectivity index (χ2v) is 7.85. The van der Waals surface area contributed by atoms with E-state index in [-0.39, 0.29) is 11.9 Å². The van der Waals surface area contributed by atoms with Crippen molar-refractivity contribution in [3.8, 4) is 0 Å². The lowest BCUT2D eigenvalue weighted by atomic mass is 10.1. The van der Waals surface area contributed by atoms with Crippen molar-refractivity contribution in [2.45, 2.75) is 25.3 Å². The van der Waals surface area contributed by atoms with Crippen molar-refractivity contribution in [1.29, 1.82) is 0 Å². The van der Waals surface area contributed by atoms with Crippen LogP contribution < -0.4 is 0 Å². The predicted octanol–water partition coefficient (Wildman–Crippen LogP) is 3.32. The van der Waals surface area contributed by atoms with E-state index in [0.717, 1.165) is 41.4 Å². The molecule has 0 spiro atoms. The smallest absolute Gasteiger partial charge is 0.236 e. The maximum atomic E-state index is 12.7. The van der Waals surface area contributed by atoms with Gasteiger partial charge in [0.25, 0.3) is 0 Å². The van der Waals surface area contributed by atoms with E-state index < -0.39 is 0 Å². The number of halogens is 1. The molecule has 0 bridgehead atoms. The topological polar surface area (TPSA) is 45.7 Å². The van der Waals surface area contributed by atoms with Gasteiger partial charge in [0.15, 0.2) is 0 Å². The molecule has 0 saturated carbocycles. The molecular weight excluding hydrogens is 374 g/mol. The van der Waals surface area contributed by atoms with Gasteiger partial charge in [-0.25, -0.2) is 0 Å². The maximum Gasteiger partial charge on any atom is 0.236 e. The molecule has 1 aromatic carbocycles. The summed E-state index contributed by atoms with van der Waals surface area (Å²) in [4.78, 5) is 21.8. The molecule has 2 saturated heterocycles. The summed E-state index contributed by atoms with van der Waals surface area (Å²) in [5.41, 5.74) is 3.15. The van der Waals surface area contributed by atoms with Crippen LogP contribution in [0, 0.1) is 0 Å². The SMILES string of the molecule is O=C(CN1CCCC1c1cccc(Cc2ccccc2Cl)n1)N1CCOCC1. The Hall–Kier alpha value is -1.95. The van der Waals surface area contributed by atoms with Crippen LogP contribution in [0.15, 0.2) is 42.5 Å². The highest BCUT2D eigenvalue weighted by Crippen LogP contribution is 2.31. The molecule has 148 valence electrons. The molecule has 0 radical (unpaired) electrons. The summed E-state index contributed by atoms with van der Waals surface area (Å²) in [6, 6.07) is 14.3. The van der Waals surface area contributed by atoms with Crippen molar-refractivity contribution in [2.75, 3.05) is 39.4 Å². The highest BCUT2D eigenvalue weighted by molar-refractivity contribution is 6.31. The van der Waals surface area contributed by atoms with Crippen LogP contribution in [-0.4, -0.2) is 60.1 Å². The van der Waals surface area contributed by atoms with Crippen molar-refractivity contribution in [1.82, 2.24) is 14.8 Å². The predicted molar refractivity (Wildman–Crippen MR) is 109 cm³/mol. The monoisotopic (exact) mass is 399 g/mol. The summed E-state index contributed by atoms with van der Waals surface area (Å²) in [5.74, 6) is 0.197. The average molecular weight is 400 g/mol. The first-order chi connectivity index (χ1) is 13.7. The van der Waals surface area contributed by atoms with Gasteiger partial charge in [-0.3, -0.25) is 14.7 Å². The van der Waals surface area contributed by atoms with Crippen molar-refractivity contribution in [3.05, 3.63) is 64.4 Å². The first-order valence-corrected chi connectivity index (χ1v) is 10.4. The lowest BCUT2D eigenvalue weighted by Crippen LogP contribution is -2.45. The molecule has 4 rings (SSSR count). The number of benzene rings is 1. The van der Waals surface area contributed by atoms with E-state index in [4.69, 9.17) is 21.3 Å². The summed E-state index contributed by atoms with van der Waals surface area (Å²) >= 11 is 6.31.